The van der Waals surface area contributed by atoms with Crippen LogP contribution in [-0.4, -0.2) is 36.1 Å². The van der Waals surface area contributed by atoms with E-state index in [4.69, 9.17) is 11.6 Å². The fourth-order valence-electron chi connectivity index (χ4n) is 3.20. The number of aryl methyl sites for hydroxylation is 1. The first-order valence-corrected chi connectivity index (χ1v) is 8.43. The van der Waals surface area contributed by atoms with Crippen molar-refractivity contribution in [2.75, 3.05) is 29.9 Å². The number of nitrogens with zero attached hydrogens (tertiary/aromatic N) is 5. The molecule has 1 fully saturated rings. The minimum atomic E-state index is 0.332. The van der Waals surface area contributed by atoms with E-state index in [9.17, 15) is 5.26 Å². The highest BCUT2D eigenvalue weighted by Gasteiger charge is 2.26. The monoisotopic (exact) mass is 341 g/mol. The molecule has 1 unspecified atom stereocenters. The predicted molar refractivity (Wildman–Crippen MR) is 96.6 cm³/mol. The van der Waals surface area contributed by atoms with Crippen molar-refractivity contribution < 1.29 is 0 Å². The van der Waals surface area contributed by atoms with Gasteiger partial charge >= 0.3 is 0 Å². The Bertz CT molecular complexity index is 770. The van der Waals surface area contributed by atoms with E-state index in [1.807, 2.05) is 25.1 Å². The molecule has 1 saturated heterocycles. The van der Waals surface area contributed by atoms with Gasteiger partial charge in [-0.25, -0.2) is 9.97 Å². The highest BCUT2D eigenvalue weighted by molar-refractivity contribution is 6.32. The summed E-state index contributed by atoms with van der Waals surface area (Å²) in [6.07, 6.45) is 3.77. The lowest BCUT2D eigenvalue weighted by Crippen LogP contribution is -2.47. The van der Waals surface area contributed by atoms with Crippen LogP contribution < -0.4 is 9.80 Å². The van der Waals surface area contributed by atoms with Crippen molar-refractivity contribution in [2.45, 2.75) is 25.8 Å². The minimum absolute atomic E-state index is 0.332. The molecule has 5 nitrogen and oxygen atoms in total. The third-order valence-corrected chi connectivity index (χ3v) is 4.85. The van der Waals surface area contributed by atoms with Crippen LogP contribution in [0.2, 0.25) is 5.02 Å². The number of hydrogen-bond donors (Lipinski definition) is 0. The Morgan fingerprint density at radius 3 is 2.96 bits per heavy atom. The number of rotatable bonds is 3. The molecule has 0 N–H and O–H groups in total. The van der Waals surface area contributed by atoms with Gasteiger partial charge in [0.1, 0.15) is 18.2 Å². The van der Waals surface area contributed by atoms with Gasteiger partial charge < -0.3 is 9.80 Å². The second-order valence-electron chi connectivity index (χ2n) is 6.12. The summed E-state index contributed by atoms with van der Waals surface area (Å²) in [6, 6.07) is 10.2. The highest BCUT2D eigenvalue weighted by Crippen LogP contribution is 2.30. The van der Waals surface area contributed by atoms with Crippen LogP contribution in [0, 0.1) is 18.3 Å². The molecule has 1 atom stereocenters. The molecule has 0 amide bonds. The predicted octanol–water partition coefficient (Wildman–Crippen LogP) is 3.42. The zero-order valence-electron chi connectivity index (χ0n) is 13.9. The van der Waals surface area contributed by atoms with Gasteiger partial charge in [-0.05, 0) is 31.9 Å². The number of hydrogen-bond acceptors (Lipinski definition) is 5. The summed E-state index contributed by atoms with van der Waals surface area (Å²) in [5.74, 6) is 0.931. The second-order valence-corrected chi connectivity index (χ2v) is 6.52. The van der Waals surface area contributed by atoms with E-state index in [0.717, 1.165) is 43.1 Å². The Labute approximate surface area is 147 Å². The number of piperidine rings is 1. The highest BCUT2D eigenvalue weighted by atomic mass is 35.5. The summed E-state index contributed by atoms with van der Waals surface area (Å²) in [5.41, 5.74) is 2.43. The zero-order chi connectivity index (χ0) is 17.1. The van der Waals surface area contributed by atoms with Crippen LogP contribution in [0.15, 0.2) is 30.6 Å². The van der Waals surface area contributed by atoms with E-state index in [1.54, 1.807) is 12.4 Å². The van der Waals surface area contributed by atoms with E-state index in [2.05, 4.69) is 32.9 Å². The van der Waals surface area contributed by atoms with Gasteiger partial charge in [-0.15, -0.1) is 0 Å². The van der Waals surface area contributed by atoms with Gasteiger partial charge in [0.25, 0.3) is 0 Å². The van der Waals surface area contributed by atoms with E-state index < -0.39 is 0 Å². The van der Waals surface area contributed by atoms with Crippen molar-refractivity contribution in [3.63, 3.8) is 0 Å². The number of nitriles is 1. The number of halogens is 1. The SMILES string of the molecule is Cc1cc(N(C)C2CCCN(c3cccc(Cl)c3C#N)C2)ncn1. The Hall–Kier alpha value is -2.32. The third kappa shape index (κ3) is 3.29. The summed E-state index contributed by atoms with van der Waals surface area (Å²) in [6.45, 7) is 3.74. The summed E-state index contributed by atoms with van der Waals surface area (Å²) in [4.78, 5) is 13.0. The molecule has 1 aliphatic heterocycles. The smallest absolute Gasteiger partial charge is 0.132 e. The second kappa shape index (κ2) is 7.06. The van der Waals surface area contributed by atoms with Gasteiger partial charge in [0.05, 0.1) is 16.3 Å². The lowest BCUT2D eigenvalue weighted by molar-refractivity contribution is 0.485. The molecule has 24 heavy (non-hydrogen) atoms. The van der Waals surface area contributed by atoms with Gasteiger partial charge in [0.2, 0.25) is 0 Å². The number of benzene rings is 1. The van der Waals surface area contributed by atoms with Crippen LogP contribution in [0.25, 0.3) is 0 Å². The van der Waals surface area contributed by atoms with E-state index in [1.165, 1.54) is 0 Å². The van der Waals surface area contributed by atoms with E-state index >= 15 is 0 Å². The molecular formula is C18H20ClN5. The summed E-state index contributed by atoms with van der Waals surface area (Å²) < 4.78 is 0. The first kappa shape index (κ1) is 16.5. The molecule has 0 bridgehead atoms. The van der Waals surface area contributed by atoms with Crippen LogP contribution >= 0.6 is 11.6 Å². The molecule has 0 saturated carbocycles. The third-order valence-electron chi connectivity index (χ3n) is 4.54. The molecular weight excluding hydrogens is 322 g/mol. The van der Waals surface area contributed by atoms with Crippen molar-refractivity contribution in [1.82, 2.24) is 9.97 Å². The van der Waals surface area contributed by atoms with Gasteiger partial charge in [-0.2, -0.15) is 5.26 Å². The lowest BCUT2D eigenvalue weighted by Gasteiger charge is -2.39. The maximum Gasteiger partial charge on any atom is 0.132 e. The van der Waals surface area contributed by atoms with Crippen LogP contribution in [0.3, 0.4) is 0 Å². The number of aromatic nitrogens is 2. The van der Waals surface area contributed by atoms with Crippen molar-refractivity contribution in [3.8, 4) is 6.07 Å². The molecule has 2 heterocycles. The molecule has 124 valence electrons. The molecule has 0 spiro atoms. The molecule has 3 rings (SSSR count). The van der Waals surface area contributed by atoms with Crippen LogP contribution in [0.1, 0.15) is 24.1 Å². The van der Waals surface area contributed by atoms with Crippen LogP contribution in [0.5, 0.6) is 0 Å². The van der Waals surface area contributed by atoms with Gasteiger partial charge in [0, 0.05) is 37.9 Å². The first-order chi connectivity index (χ1) is 11.6. The van der Waals surface area contributed by atoms with Gasteiger partial charge in [-0.3, -0.25) is 0 Å². The van der Waals surface area contributed by atoms with E-state index in [0.29, 0.717) is 16.6 Å². The minimum Gasteiger partial charge on any atom is -0.368 e. The number of likely N-dealkylation sites (N-methyl/N-ethyl adjacent to an activating group) is 1. The van der Waals surface area contributed by atoms with Gasteiger partial charge in [-0.1, -0.05) is 17.7 Å². The van der Waals surface area contributed by atoms with E-state index in [-0.39, 0.29) is 0 Å². The summed E-state index contributed by atoms with van der Waals surface area (Å²) >= 11 is 6.18. The fraction of sp³-hybridized carbons (Fsp3) is 0.389. The average molecular weight is 342 g/mol. The van der Waals surface area contributed by atoms with Crippen molar-refractivity contribution in [3.05, 3.63) is 46.9 Å². The molecule has 0 radical (unpaired) electrons. The van der Waals surface area contributed by atoms with Gasteiger partial charge in [0.15, 0.2) is 0 Å². The Kier molecular flexibility index (Phi) is 4.86. The Morgan fingerprint density at radius 1 is 1.38 bits per heavy atom. The van der Waals surface area contributed by atoms with Crippen LogP contribution in [0.4, 0.5) is 11.5 Å². The fourth-order valence-corrected chi connectivity index (χ4v) is 3.41. The quantitative estimate of drug-likeness (QED) is 0.856. The largest absolute Gasteiger partial charge is 0.368 e. The molecule has 6 heteroatoms. The standard InChI is InChI=1S/C18H20ClN5/c1-13-9-18(22-12-21-13)23(2)14-5-4-8-24(11-14)17-7-3-6-16(19)15(17)10-20/h3,6-7,9,12,14H,4-5,8,11H2,1-2H3. The summed E-state index contributed by atoms with van der Waals surface area (Å²) in [7, 11) is 2.07. The maximum atomic E-state index is 9.43. The topological polar surface area (TPSA) is 56.0 Å². The lowest BCUT2D eigenvalue weighted by atomic mass is 10.0. The normalized spacial score (nSPS) is 17.4. The Morgan fingerprint density at radius 2 is 2.21 bits per heavy atom. The first-order valence-electron chi connectivity index (χ1n) is 8.05. The molecule has 1 aromatic carbocycles. The maximum absolute atomic E-state index is 9.43. The zero-order valence-corrected chi connectivity index (χ0v) is 14.7. The average Bonchev–Trinajstić information content (AvgIpc) is 2.61. The molecule has 1 aromatic heterocycles. The summed E-state index contributed by atoms with van der Waals surface area (Å²) in [5, 5.41) is 9.94. The Balaban J connectivity index is 1.83. The number of anilines is 2. The van der Waals surface area contributed by atoms with Crippen molar-refractivity contribution in [2.24, 2.45) is 0 Å². The molecule has 1 aliphatic rings. The molecule has 2 aromatic rings. The van der Waals surface area contributed by atoms with Crippen molar-refractivity contribution >= 4 is 23.1 Å². The van der Waals surface area contributed by atoms with Crippen LogP contribution in [-0.2, 0) is 0 Å². The van der Waals surface area contributed by atoms with Crippen molar-refractivity contribution in [1.29, 1.82) is 5.26 Å². The molecule has 0 aliphatic carbocycles.